The standard InChI is InChI=1S/C18H28N2O/c1-13(2)16-8-4-6-14(3)18(16)20-17(21)10-9-15-7-5-11-19-12-15/h4,6,8,13,15,19H,5,7,9-12H2,1-3H3,(H,20,21). The van der Waals surface area contributed by atoms with Gasteiger partial charge in [-0.3, -0.25) is 4.79 Å². The highest BCUT2D eigenvalue weighted by Crippen LogP contribution is 2.27. The average molecular weight is 288 g/mol. The van der Waals surface area contributed by atoms with Crippen molar-refractivity contribution in [3.63, 3.8) is 0 Å². The van der Waals surface area contributed by atoms with Gasteiger partial charge in [-0.2, -0.15) is 0 Å². The molecule has 1 aromatic rings. The molecule has 2 N–H and O–H groups in total. The summed E-state index contributed by atoms with van der Waals surface area (Å²) in [5.74, 6) is 1.23. The summed E-state index contributed by atoms with van der Waals surface area (Å²) in [5.41, 5.74) is 3.39. The van der Waals surface area contributed by atoms with Crippen LogP contribution in [0.15, 0.2) is 18.2 Å². The fourth-order valence-corrected chi connectivity index (χ4v) is 3.05. The Morgan fingerprint density at radius 2 is 2.24 bits per heavy atom. The summed E-state index contributed by atoms with van der Waals surface area (Å²) in [7, 11) is 0. The van der Waals surface area contributed by atoms with E-state index in [9.17, 15) is 4.79 Å². The van der Waals surface area contributed by atoms with Crippen LogP contribution in [0.5, 0.6) is 0 Å². The lowest BCUT2D eigenvalue weighted by molar-refractivity contribution is -0.116. The van der Waals surface area contributed by atoms with Crippen LogP contribution in [0, 0.1) is 12.8 Å². The van der Waals surface area contributed by atoms with Crippen molar-refractivity contribution in [2.24, 2.45) is 5.92 Å². The Kier molecular flexibility index (Phi) is 5.80. The molecular weight excluding hydrogens is 260 g/mol. The van der Waals surface area contributed by atoms with Crippen molar-refractivity contribution in [3.05, 3.63) is 29.3 Å². The van der Waals surface area contributed by atoms with Crippen LogP contribution < -0.4 is 10.6 Å². The normalized spacial score (nSPS) is 18.8. The van der Waals surface area contributed by atoms with Crippen LogP contribution in [-0.4, -0.2) is 19.0 Å². The fourth-order valence-electron chi connectivity index (χ4n) is 3.05. The minimum absolute atomic E-state index is 0.150. The third-order valence-corrected chi connectivity index (χ3v) is 4.37. The maximum atomic E-state index is 12.3. The van der Waals surface area contributed by atoms with Crippen molar-refractivity contribution in [1.82, 2.24) is 5.32 Å². The number of rotatable bonds is 5. The average Bonchev–Trinajstić information content (AvgIpc) is 2.48. The number of aryl methyl sites for hydroxylation is 1. The van der Waals surface area contributed by atoms with Gasteiger partial charge in [-0.25, -0.2) is 0 Å². The number of benzene rings is 1. The van der Waals surface area contributed by atoms with Gasteiger partial charge in [0.15, 0.2) is 0 Å². The van der Waals surface area contributed by atoms with Gasteiger partial charge >= 0.3 is 0 Å². The lowest BCUT2D eigenvalue weighted by Gasteiger charge is -2.22. The lowest BCUT2D eigenvalue weighted by Crippen LogP contribution is -2.30. The third kappa shape index (κ3) is 4.57. The van der Waals surface area contributed by atoms with E-state index in [0.717, 1.165) is 30.8 Å². The number of amides is 1. The van der Waals surface area contributed by atoms with Crippen LogP contribution in [0.4, 0.5) is 5.69 Å². The molecular formula is C18H28N2O. The van der Waals surface area contributed by atoms with Crippen LogP contribution in [-0.2, 0) is 4.79 Å². The highest BCUT2D eigenvalue weighted by molar-refractivity contribution is 5.92. The number of nitrogens with one attached hydrogen (secondary N) is 2. The predicted molar refractivity (Wildman–Crippen MR) is 88.7 cm³/mol. The molecule has 1 saturated heterocycles. The molecule has 0 spiro atoms. The van der Waals surface area contributed by atoms with E-state index in [1.165, 1.54) is 18.4 Å². The molecule has 3 heteroatoms. The molecule has 1 unspecified atom stereocenters. The van der Waals surface area contributed by atoms with Gasteiger partial charge in [0.2, 0.25) is 5.91 Å². The second-order valence-corrected chi connectivity index (χ2v) is 6.49. The third-order valence-electron chi connectivity index (χ3n) is 4.37. The van der Waals surface area contributed by atoms with Crippen molar-refractivity contribution < 1.29 is 4.79 Å². The molecule has 1 amide bonds. The fraction of sp³-hybridized carbons (Fsp3) is 0.611. The zero-order valence-corrected chi connectivity index (χ0v) is 13.5. The van der Waals surface area contributed by atoms with Gasteiger partial charge in [0.05, 0.1) is 0 Å². The first-order valence-corrected chi connectivity index (χ1v) is 8.18. The van der Waals surface area contributed by atoms with Crippen molar-refractivity contribution in [2.75, 3.05) is 18.4 Å². The van der Waals surface area contributed by atoms with E-state index in [4.69, 9.17) is 0 Å². The second-order valence-electron chi connectivity index (χ2n) is 6.49. The molecule has 0 aromatic heterocycles. The summed E-state index contributed by atoms with van der Waals surface area (Å²) in [5, 5.41) is 6.55. The molecule has 0 radical (unpaired) electrons. The molecule has 2 rings (SSSR count). The van der Waals surface area contributed by atoms with Gasteiger partial charge in [-0.15, -0.1) is 0 Å². The Bertz CT molecular complexity index is 476. The van der Waals surface area contributed by atoms with E-state index >= 15 is 0 Å². The molecule has 21 heavy (non-hydrogen) atoms. The van der Waals surface area contributed by atoms with Gasteiger partial charge in [-0.05, 0) is 62.2 Å². The molecule has 0 aliphatic carbocycles. The maximum Gasteiger partial charge on any atom is 0.224 e. The first-order valence-electron chi connectivity index (χ1n) is 8.18. The highest BCUT2D eigenvalue weighted by Gasteiger charge is 2.16. The number of hydrogen-bond donors (Lipinski definition) is 2. The molecule has 1 fully saturated rings. The molecule has 3 nitrogen and oxygen atoms in total. The first kappa shape index (κ1) is 16.0. The minimum atomic E-state index is 0.150. The summed E-state index contributed by atoms with van der Waals surface area (Å²) in [6.07, 6.45) is 4.10. The van der Waals surface area contributed by atoms with Crippen LogP contribution in [0.2, 0.25) is 0 Å². The van der Waals surface area contributed by atoms with Gasteiger partial charge < -0.3 is 10.6 Å². The van der Waals surface area contributed by atoms with E-state index in [1.807, 2.05) is 0 Å². The van der Waals surface area contributed by atoms with Crippen LogP contribution in [0.25, 0.3) is 0 Å². The van der Waals surface area contributed by atoms with Crippen molar-refractivity contribution in [3.8, 4) is 0 Å². The molecule has 0 bridgehead atoms. The van der Waals surface area contributed by atoms with Gasteiger partial charge in [0, 0.05) is 12.1 Å². The topological polar surface area (TPSA) is 41.1 Å². The van der Waals surface area contributed by atoms with Gasteiger partial charge in [0.25, 0.3) is 0 Å². The molecule has 116 valence electrons. The largest absolute Gasteiger partial charge is 0.326 e. The first-order chi connectivity index (χ1) is 10.1. The van der Waals surface area contributed by atoms with Crippen LogP contribution in [0.1, 0.15) is 56.6 Å². The van der Waals surface area contributed by atoms with Gasteiger partial charge in [0.1, 0.15) is 0 Å². The minimum Gasteiger partial charge on any atom is -0.326 e. The monoisotopic (exact) mass is 288 g/mol. The maximum absolute atomic E-state index is 12.3. The summed E-state index contributed by atoms with van der Waals surface area (Å²) in [6, 6.07) is 6.24. The zero-order valence-electron chi connectivity index (χ0n) is 13.5. The summed E-state index contributed by atoms with van der Waals surface area (Å²) < 4.78 is 0. The molecule has 1 heterocycles. The molecule has 0 saturated carbocycles. The Morgan fingerprint density at radius 3 is 2.90 bits per heavy atom. The summed E-state index contributed by atoms with van der Waals surface area (Å²) in [6.45, 7) is 8.58. The SMILES string of the molecule is Cc1cccc(C(C)C)c1NC(=O)CCC1CCCNC1. The number of para-hydroxylation sites is 1. The Morgan fingerprint density at radius 1 is 1.43 bits per heavy atom. The predicted octanol–water partition coefficient (Wildman–Crippen LogP) is 3.84. The lowest BCUT2D eigenvalue weighted by atomic mass is 9.94. The smallest absolute Gasteiger partial charge is 0.224 e. The highest BCUT2D eigenvalue weighted by atomic mass is 16.1. The summed E-state index contributed by atoms with van der Waals surface area (Å²) >= 11 is 0. The van der Waals surface area contributed by atoms with Gasteiger partial charge in [-0.1, -0.05) is 32.0 Å². The molecule has 1 aliphatic rings. The summed E-state index contributed by atoms with van der Waals surface area (Å²) in [4.78, 5) is 12.3. The van der Waals surface area contributed by atoms with E-state index in [2.05, 4.69) is 49.6 Å². The van der Waals surface area contributed by atoms with Crippen molar-refractivity contribution in [2.45, 2.75) is 52.4 Å². The Hall–Kier alpha value is -1.35. The van der Waals surface area contributed by atoms with Crippen molar-refractivity contribution >= 4 is 11.6 Å². The molecule has 1 aliphatic heterocycles. The number of hydrogen-bond acceptors (Lipinski definition) is 2. The molecule has 1 atom stereocenters. The number of carbonyl (C=O) groups is 1. The number of carbonyl (C=O) groups excluding carboxylic acids is 1. The van der Waals surface area contributed by atoms with Crippen LogP contribution >= 0.6 is 0 Å². The van der Waals surface area contributed by atoms with E-state index in [0.29, 0.717) is 18.3 Å². The van der Waals surface area contributed by atoms with E-state index in [1.54, 1.807) is 0 Å². The Labute approximate surface area is 128 Å². The second kappa shape index (κ2) is 7.60. The van der Waals surface area contributed by atoms with E-state index < -0.39 is 0 Å². The van der Waals surface area contributed by atoms with E-state index in [-0.39, 0.29) is 5.91 Å². The quantitative estimate of drug-likeness (QED) is 0.864. The number of anilines is 1. The number of piperidine rings is 1. The molecule has 1 aromatic carbocycles. The van der Waals surface area contributed by atoms with Crippen molar-refractivity contribution in [1.29, 1.82) is 0 Å². The Balaban J connectivity index is 1.93. The zero-order chi connectivity index (χ0) is 15.2. The van der Waals surface area contributed by atoms with Crippen LogP contribution in [0.3, 0.4) is 0 Å².